The molecule has 0 bridgehead atoms. The number of nitrogens with zero attached hydrogens (tertiary/aromatic N) is 1. The van der Waals surface area contributed by atoms with E-state index >= 15 is 0 Å². The Hall–Kier alpha value is -0.403. The van der Waals surface area contributed by atoms with Crippen molar-refractivity contribution in [3.63, 3.8) is 0 Å². The number of carbonyl (C=O) groups excluding carboxylic acids is 1. The van der Waals surface area contributed by atoms with Crippen LogP contribution in [0.25, 0.3) is 0 Å². The average Bonchev–Trinajstić information content (AvgIpc) is 2.10. The largest absolute Gasteiger partial charge is 0.248 e. The van der Waals surface area contributed by atoms with E-state index < -0.39 is 8.96 Å². The van der Waals surface area contributed by atoms with Gasteiger partial charge >= 0.3 is 0 Å². The molecule has 0 saturated carbocycles. The van der Waals surface area contributed by atoms with Gasteiger partial charge in [-0.1, -0.05) is 39.5 Å². The lowest BCUT2D eigenvalue weighted by Crippen LogP contribution is -2.08. The minimum absolute atomic E-state index is 0.719. The normalized spacial score (nSPS) is 9.92. The summed E-state index contributed by atoms with van der Waals surface area (Å²) in [5.41, 5.74) is 0. The first-order chi connectivity index (χ1) is 5.85. The molecule has 0 aromatic carbocycles. The zero-order valence-corrected chi connectivity index (χ0v) is 9.10. The third kappa shape index (κ3) is 6.32. The van der Waals surface area contributed by atoms with Gasteiger partial charge in [0.1, 0.15) is 0 Å². The Morgan fingerprint density at radius 1 is 1.17 bits per heavy atom. The van der Waals surface area contributed by atoms with Crippen LogP contribution >= 0.6 is 0 Å². The molecule has 2 nitrogen and oxygen atoms in total. The maximum absolute atomic E-state index is 10.1. The maximum atomic E-state index is 10.1. The molecule has 0 aromatic rings. The van der Waals surface area contributed by atoms with E-state index in [-0.39, 0.29) is 0 Å². The Morgan fingerprint density at radius 3 is 2.00 bits per heavy atom. The second kappa shape index (κ2) is 8.69. The van der Waals surface area contributed by atoms with Crippen molar-refractivity contribution in [2.45, 2.75) is 51.6 Å². The Morgan fingerprint density at radius 2 is 1.67 bits per heavy atom. The molecule has 12 heavy (non-hydrogen) atoms. The number of rotatable bonds is 7. The van der Waals surface area contributed by atoms with Crippen LogP contribution in [0.2, 0.25) is 12.1 Å². The van der Waals surface area contributed by atoms with Gasteiger partial charge in [-0.3, -0.25) is 0 Å². The molecule has 0 saturated heterocycles. The lowest BCUT2D eigenvalue weighted by Gasteiger charge is -2.04. The first-order valence-electron chi connectivity index (χ1n) is 4.77. The third-order valence-corrected chi connectivity index (χ3v) is 4.11. The van der Waals surface area contributed by atoms with Crippen LogP contribution in [0.15, 0.2) is 4.66 Å². The molecule has 0 amide bonds. The smallest absolute Gasteiger partial charge is 0.224 e. The van der Waals surface area contributed by atoms with Gasteiger partial charge in [-0.25, -0.2) is 9.45 Å². The standard InChI is InChI=1S/C9H18NOSi/c1-3-5-7-12(10-9-11)8-6-4-2/h3-8H2,1-2H3. The summed E-state index contributed by atoms with van der Waals surface area (Å²) in [6.07, 6.45) is 6.53. The summed E-state index contributed by atoms with van der Waals surface area (Å²) >= 11 is 0. The van der Waals surface area contributed by atoms with Gasteiger partial charge in [-0.05, 0) is 12.1 Å². The molecule has 0 aliphatic carbocycles. The molecule has 0 unspecified atom stereocenters. The van der Waals surface area contributed by atoms with Crippen LogP contribution in [0.4, 0.5) is 0 Å². The molecule has 0 atom stereocenters. The predicted molar refractivity (Wildman–Crippen MR) is 53.3 cm³/mol. The lowest BCUT2D eigenvalue weighted by atomic mass is 10.4. The zero-order valence-electron chi connectivity index (χ0n) is 8.10. The molecule has 69 valence electrons. The maximum Gasteiger partial charge on any atom is 0.224 e. The summed E-state index contributed by atoms with van der Waals surface area (Å²) in [6, 6.07) is 2.30. The van der Waals surface area contributed by atoms with Gasteiger partial charge in [0.2, 0.25) is 15.0 Å². The van der Waals surface area contributed by atoms with E-state index in [1.807, 2.05) is 0 Å². The summed E-state index contributed by atoms with van der Waals surface area (Å²) in [4.78, 5) is 10.1. The van der Waals surface area contributed by atoms with E-state index in [2.05, 4.69) is 18.5 Å². The lowest BCUT2D eigenvalue weighted by molar-refractivity contribution is 0.565. The van der Waals surface area contributed by atoms with Crippen molar-refractivity contribution in [2.75, 3.05) is 0 Å². The third-order valence-electron chi connectivity index (χ3n) is 1.84. The van der Waals surface area contributed by atoms with Gasteiger partial charge in [0.05, 0.1) is 0 Å². The van der Waals surface area contributed by atoms with E-state index in [1.54, 1.807) is 6.08 Å². The van der Waals surface area contributed by atoms with Crippen molar-refractivity contribution in [1.29, 1.82) is 0 Å². The fourth-order valence-electron chi connectivity index (χ4n) is 1.06. The fourth-order valence-corrected chi connectivity index (χ4v) is 3.19. The second-order valence-electron chi connectivity index (χ2n) is 2.98. The molecule has 0 aliphatic heterocycles. The molecule has 0 fully saturated rings. The number of isocyanates is 1. The van der Waals surface area contributed by atoms with Crippen LogP contribution in [0.5, 0.6) is 0 Å². The van der Waals surface area contributed by atoms with Crippen LogP contribution in [0.1, 0.15) is 39.5 Å². The van der Waals surface area contributed by atoms with Gasteiger partial charge in [0.25, 0.3) is 0 Å². The Labute approximate surface area is 76.8 Å². The van der Waals surface area contributed by atoms with Crippen LogP contribution in [-0.4, -0.2) is 15.0 Å². The van der Waals surface area contributed by atoms with E-state index in [0.717, 1.165) is 12.1 Å². The summed E-state index contributed by atoms with van der Waals surface area (Å²) in [7, 11) is -0.719. The zero-order chi connectivity index (χ0) is 9.23. The quantitative estimate of drug-likeness (QED) is 0.340. The summed E-state index contributed by atoms with van der Waals surface area (Å²) in [6.45, 7) is 4.34. The Bertz CT molecular complexity index is 135. The fraction of sp³-hybridized carbons (Fsp3) is 0.889. The van der Waals surface area contributed by atoms with Gasteiger partial charge in [0, 0.05) is 0 Å². The summed E-state index contributed by atoms with van der Waals surface area (Å²) in [5, 5.41) is 0. The van der Waals surface area contributed by atoms with Gasteiger partial charge in [-0.15, -0.1) is 0 Å². The predicted octanol–water partition coefficient (Wildman–Crippen LogP) is 2.91. The molecule has 0 rings (SSSR count). The topological polar surface area (TPSA) is 29.4 Å². The first-order valence-corrected chi connectivity index (χ1v) is 6.63. The van der Waals surface area contributed by atoms with Crippen LogP contribution < -0.4 is 0 Å². The number of hydrogen-bond acceptors (Lipinski definition) is 2. The summed E-state index contributed by atoms with van der Waals surface area (Å²) in [5.74, 6) is 0. The number of unbranched alkanes of at least 4 members (excludes halogenated alkanes) is 2. The molecule has 0 heterocycles. The number of hydrogen-bond donors (Lipinski definition) is 0. The van der Waals surface area contributed by atoms with E-state index in [9.17, 15) is 4.79 Å². The van der Waals surface area contributed by atoms with Gasteiger partial charge in [0.15, 0.2) is 0 Å². The molecule has 0 N–H and O–H groups in total. The van der Waals surface area contributed by atoms with E-state index in [1.165, 1.54) is 25.7 Å². The van der Waals surface area contributed by atoms with Gasteiger partial charge < -0.3 is 0 Å². The van der Waals surface area contributed by atoms with Crippen LogP contribution in [0, 0.1) is 0 Å². The second-order valence-corrected chi connectivity index (χ2v) is 5.33. The van der Waals surface area contributed by atoms with Crippen LogP contribution in [-0.2, 0) is 4.79 Å². The highest BCUT2D eigenvalue weighted by atomic mass is 28.3. The van der Waals surface area contributed by atoms with E-state index in [0.29, 0.717) is 0 Å². The Kier molecular flexibility index (Phi) is 8.40. The SMILES string of the molecule is CCCC[Si](CCCC)N=C=O. The molecule has 0 aromatic heterocycles. The average molecular weight is 184 g/mol. The first kappa shape index (κ1) is 11.6. The van der Waals surface area contributed by atoms with Crippen molar-refractivity contribution >= 4 is 15.0 Å². The van der Waals surface area contributed by atoms with Crippen molar-refractivity contribution < 1.29 is 4.79 Å². The molecular formula is C9H18NOSi. The van der Waals surface area contributed by atoms with Crippen molar-refractivity contribution in [3.8, 4) is 0 Å². The Balaban J connectivity index is 3.61. The minimum atomic E-state index is -0.719. The van der Waals surface area contributed by atoms with E-state index in [4.69, 9.17) is 0 Å². The monoisotopic (exact) mass is 184 g/mol. The molecule has 1 radical (unpaired) electrons. The van der Waals surface area contributed by atoms with Crippen molar-refractivity contribution in [3.05, 3.63) is 0 Å². The molecule has 0 aliphatic rings. The molecule has 3 heteroatoms. The highest BCUT2D eigenvalue weighted by Gasteiger charge is 2.08. The van der Waals surface area contributed by atoms with Crippen molar-refractivity contribution in [2.24, 2.45) is 4.66 Å². The molecular weight excluding hydrogens is 166 g/mol. The highest BCUT2D eigenvalue weighted by molar-refractivity contribution is 6.57. The summed E-state index contributed by atoms with van der Waals surface area (Å²) < 4.78 is 3.90. The van der Waals surface area contributed by atoms with Gasteiger partial charge in [-0.2, -0.15) is 0 Å². The van der Waals surface area contributed by atoms with Crippen LogP contribution in [0.3, 0.4) is 0 Å². The minimum Gasteiger partial charge on any atom is -0.248 e. The molecule has 0 spiro atoms. The van der Waals surface area contributed by atoms with Crippen molar-refractivity contribution in [1.82, 2.24) is 0 Å². The highest BCUT2D eigenvalue weighted by Crippen LogP contribution is 2.09.